The van der Waals surface area contributed by atoms with Crippen LogP contribution in [0.25, 0.3) is 0 Å². The molecule has 0 aromatic rings. The minimum atomic E-state index is -4.91. The predicted molar refractivity (Wildman–Crippen MR) is 237 cm³/mol. The van der Waals surface area contributed by atoms with E-state index in [1.165, 1.54) is 13.8 Å². The van der Waals surface area contributed by atoms with Crippen LogP contribution in [0, 0.1) is 11.8 Å². The van der Waals surface area contributed by atoms with Gasteiger partial charge in [-0.2, -0.15) is 0 Å². The summed E-state index contributed by atoms with van der Waals surface area (Å²) in [6.07, 6.45) is -54.2. The van der Waals surface area contributed by atoms with E-state index in [-0.39, 0.29) is 6.54 Å². The van der Waals surface area contributed by atoms with Gasteiger partial charge < -0.3 is 145 Å². The second-order valence-corrected chi connectivity index (χ2v) is 22.4. The van der Waals surface area contributed by atoms with Crippen molar-refractivity contribution in [2.75, 3.05) is 46.2 Å². The fourth-order valence-corrected chi connectivity index (χ4v) is 11.7. The van der Waals surface area contributed by atoms with E-state index in [1.54, 1.807) is 0 Å². The maximum Gasteiger partial charge on any atom is 0.473 e. The van der Waals surface area contributed by atoms with Crippen molar-refractivity contribution in [3.63, 3.8) is 0 Å². The van der Waals surface area contributed by atoms with E-state index in [1.807, 2.05) is 0 Å². The van der Waals surface area contributed by atoms with Gasteiger partial charge in [0.05, 0.1) is 58.0 Å². The van der Waals surface area contributed by atoms with Crippen molar-refractivity contribution in [3.05, 3.63) is 0 Å². The van der Waals surface area contributed by atoms with Crippen molar-refractivity contribution in [2.24, 2.45) is 17.6 Å². The van der Waals surface area contributed by atoms with Crippen LogP contribution in [0.3, 0.4) is 0 Å². The molecule has 15 unspecified atom stereocenters. The van der Waals surface area contributed by atoms with Crippen LogP contribution in [0.1, 0.15) is 13.8 Å². The highest BCUT2D eigenvalue weighted by Crippen LogP contribution is 2.57. The molecule has 7 rings (SSSR count). The topological polar surface area (TPSA) is 554 Å². The van der Waals surface area contributed by atoms with Gasteiger partial charge in [-0.05, 0) is 0 Å². The zero-order chi connectivity index (χ0) is 56.7. The molecule has 1 aliphatic carbocycles. The van der Waals surface area contributed by atoms with Crippen LogP contribution in [0.15, 0.2) is 0 Å². The summed E-state index contributed by atoms with van der Waals surface area (Å²) in [4.78, 5) is 20.1. The highest BCUT2D eigenvalue weighted by molar-refractivity contribution is 7.47. The van der Waals surface area contributed by atoms with Crippen LogP contribution >= 0.6 is 15.6 Å². The Morgan fingerprint density at radius 3 is 1.47 bits per heavy atom. The third-order valence-corrected chi connectivity index (χ3v) is 16.4. The Labute approximate surface area is 436 Å². The Morgan fingerprint density at radius 1 is 0.455 bits per heavy atom. The van der Waals surface area contributed by atoms with Crippen molar-refractivity contribution in [1.29, 1.82) is 0 Å². The Morgan fingerprint density at radius 2 is 0.883 bits per heavy atom. The molecule has 6 aliphatic heterocycles. The van der Waals surface area contributed by atoms with Crippen molar-refractivity contribution < 1.29 is 166 Å². The lowest BCUT2D eigenvalue weighted by atomic mass is 9.79. The maximum atomic E-state index is 12.5. The lowest BCUT2D eigenvalue weighted by Gasteiger charge is -2.49. The van der Waals surface area contributed by atoms with Crippen LogP contribution in [0.4, 0.5) is 0 Å². The first-order valence-electron chi connectivity index (χ1n) is 24.4. The van der Waals surface area contributed by atoms with Crippen molar-refractivity contribution in [2.45, 2.75) is 192 Å². The number of phosphoric ester groups is 2. The quantitative estimate of drug-likeness (QED) is 0.0503. The summed E-state index contributed by atoms with van der Waals surface area (Å²) in [5.41, 5.74) is 5.32. The molecular weight excluding hydrogens is 1100 g/mol. The minimum absolute atomic E-state index is 0.220. The zero-order valence-electron chi connectivity index (χ0n) is 40.9. The molecule has 0 aromatic heterocycles. The Balaban J connectivity index is 1.08. The minimum Gasteiger partial charge on any atom is -0.394 e. The molecule has 0 aromatic carbocycles. The van der Waals surface area contributed by atoms with Gasteiger partial charge in [0.15, 0.2) is 31.5 Å². The number of aliphatic hydroxyl groups excluding tert-OH is 16. The number of fused-ring (bicyclic) bond motifs is 1. The number of rotatable bonds is 20. The normalized spacial score (nSPS) is 52.5. The van der Waals surface area contributed by atoms with Gasteiger partial charge >= 0.3 is 15.6 Å². The van der Waals surface area contributed by atoms with E-state index in [9.17, 15) is 101 Å². The lowest BCUT2D eigenvalue weighted by Crippen LogP contribution is -2.67. The second-order valence-electron chi connectivity index (χ2n) is 19.6. The van der Waals surface area contributed by atoms with Gasteiger partial charge in [0, 0.05) is 18.4 Å². The number of nitrogens with two attached hydrogens (primary N) is 1. The SMILES string of the molecule is CC1[C@@H](OC2C(O)[C@H](C)[C@@H](O)C3OP(=O)(O)O[C@@H]23)OC(CO)[C@@H](O[C@H]2OC(CO[C@H]3OC(CO)[C@@H](O)[C@H](O)C3O[C@H]3OC(COP(=O)(O)OCCN)[C@@H](O)[C@H](O)C3O[C@H]3OC(CO)[C@@H](O)[C@H](O)C3O)[C@@H](O)[C@H](O)C2O)[C@@H]1O. The van der Waals surface area contributed by atoms with Crippen LogP contribution in [0.2, 0.25) is 0 Å². The van der Waals surface area contributed by atoms with E-state index in [4.69, 9.17) is 66.7 Å². The van der Waals surface area contributed by atoms with Gasteiger partial charge in [0.25, 0.3) is 0 Å². The van der Waals surface area contributed by atoms with Gasteiger partial charge in [0.1, 0.15) is 128 Å². The molecule has 7 aliphatic rings. The molecule has 0 amide bonds. The van der Waals surface area contributed by atoms with Crippen LogP contribution < -0.4 is 5.73 Å². The van der Waals surface area contributed by atoms with E-state index < -0.39 is 245 Å². The van der Waals surface area contributed by atoms with E-state index in [2.05, 4.69) is 4.52 Å². The van der Waals surface area contributed by atoms with Crippen molar-refractivity contribution in [1.82, 2.24) is 0 Å². The zero-order valence-corrected chi connectivity index (χ0v) is 42.7. The molecule has 0 bridgehead atoms. The van der Waals surface area contributed by atoms with Crippen LogP contribution in [-0.2, 0) is 74.6 Å². The molecule has 35 nitrogen and oxygen atoms in total. The van der Waals surface area contributed by atoms with E-state index in [0.29, 0.717) is 0 Å². The third kappa shape index (κ3) is 13.7. The molecule has 0 spiro atoms. The fourth-order valence-electron chi connectivity index (χ4n) is 9.79. The number of phosphoric acid groups is 2. The average molecular weight is 1170 g/mol. The number of hydrogen-bond acceptors (Lipinski definition) is 33. The first-order chi connectivity index (χ1) is 36.2. The van der Waals surface area contributed by atoms with Gasteiger partial charge in [-0.15, -0.1) is 0 Å². The monoisotopic (exact) mass is 1170 g/mol. The maximum absolute atomic E-state index is 12.5. The molecule has 6 saturated heterocycles. The Kier molecular flexibility index (Phi) is 21.8. The highest BCUT2D eigenvalue weighted by atomic mass is 31.2. The van der Waals surface area contributed by atoms with Crippen LogP contribution in [0.5, 0.6) is 0 Å². The van der Waals surface area contributed by atoms with E-state index >= 15 is 0 Å². The summed E-state index contributed by atoms with van der Waals surface area (Å²) in [6.45, 7) is -2.75. The number of ether oxygens (including phenoxy) is 10. The largest absolute Gasteiger partial charge is 0.473 e. The third-order valence-electron chi connectivity index (χ3n) is 14.4. The number of hydrogen-bond donors (Lipinski definition) is 19. The molecule has 33 atom stereocenters. The average Bonchev–Trinajstić information content (AvgIpc) is 3.74. The molecular formula is C40H71NO34P2. The van der Waals surface area contributed by atoms with Gasteiger partial charge in [-0.25, -0.2) is 9.13 Å². The van der Waals surface area contributed by atoms with Crippen molar-refractivity contribution >= 4 is 15.6 Å². The summed E-state index contributed by atoms with van der Waals surface area (Å²) in [7, 11) is -9.61. The summed E-state index contributed by atoms with van der Waals surface area (Å²) in [5, 5.41) is 173. The molecule has 7 fully saturated rings. The summed E-state index contributed by atoms with van der Waals surface area (Å²) in [5.74, 6) is -2.16. The highest BCUT2D eigenvalue weighted by Gasteiger charge is 2.61. The first kappa shape index (κ1) is 63.7. The second kappa shape index (κ2) is 26.4. The Bertz CT molecular complexity index is 1970. The Hall–Kier alpha value is -0.860. The van der Waals surface area contributed by atoms with Gasteiger partial charge in [0.2, 0.25) is 0 Å². The smallest absolute Gasteiger partial charge is 0.394 e. The molecule has 77 heavy (non-hydrogen) atoms. The molecule has 0 radical (unpaired) electrons. The van der Waals surface area contributed by atoms with Crippen molar-refractivity contribution in [3.8, 4) is 0 Å². The molecule has 6 heterocycles. The first-order valence-corrected chi connectivity index (χ1v) is 27.4. The summed E-state index contributed by atoms with van der Waals surface area (Å²) in [6, 6.07) is 0. The number of aliphatic hydroxyl groups is 16. The predicted octanol–water partition coefficient (Wildman–Crippen LogP) is -10.9. The summed E-state index contributed by atoms with van der Waals surface area (Å²) >= 11 is 0. The molecule has 450 valence electrons. The van der Waals surface area contributed by atoms with Gasteiger partial charge in [-0.1, -0.05) is 13.8 Å². The molecule has 37 heteroatoms. The van der Waals surface area contributed by atoms with Crippen LogP contribution in [-0.4, -0.2) is 316 Å². The lowest BCUT2D eigenvalue weighted by molar-refractivity contribution is -0.396. The standard InChI is InChI=1S/C40H71NO34P2/c1-10-17(45)31(35-32(18(10)46)74-77(60,61)75-35)71-36-11(2)19(47)30(14(7-44)67-36)70-38-29(57)25(53)22(50)15(68-38)8-62-39-33(26(54)21(49)13(6-43)66-39)73-40-34(72-37-28(56)24(52)20(48)12(5-42)65-37)27(55)23(51)16(69-40)9-64-76(58,59)63-4-3-41/h10-40,42-57H,3-9,41H2,1-2H3,(H,58,59)(H,60,61)/t10-,11?,12?,13?,14?,15?,16?,17?,18+,19+,20+,21+,22+,23+,24-,25-,26-,27-,28?,29?,30+,31?,32?,33?,34?,35-,36+,37+,38+,39-,40+/m0/s1. The molecule has 20 N–H and O–H groups in total. The summed E-state index contributed by atoms with van der Waals surface area (Å²) < 4.78 is 102. The molecule has 1 saturated carbocycles. The fraction of sp³-hybridized carbons (Fsp3) is 1.00. The van der Waals surface area contributed by atoms with E-state index in [0.717, 1.165) is 0 Å². The van der Waals surface area contributed by atoms with Gasteiger partial charge in [-0.3, -0.25) is 18.1 Å².